The van der Waals surface area contributed by atoms with Gasteiger partial charge >= 0.3 is 5.97 Å². The number of aromatic nitrogens is 4. The van der Waals surface area contributed by atoms with E-state index in [9.17, 15) is 4.79 Å². The number of hydrogen-bond donors (Lipinski definition) is 1. The molecular formula is C10H9BrN4O2S. The Morgan fingerprint density at radius 1 is 1.50 bits per heavy atom. The van der Waals surface area contributed by atoms with E-state index >= 15 is 0 Å². The van der Waals surface area contributed by atoms with E-state index in [0.717, 1.165) is 5.82 Å². The lowest BCUT2D eigenvalue weighted by molar-refractivity contribution is 0.0692. The maximum absolute atomic E-state index is 11.1. The Kier molecular flexibility index (Phi) is 3.67. The average Bonchev–Trinajstić information content (AvgIpc) is 2.63. The summed E-state index contributed by atoms with van der Waals surface area (Å²) in [5.41, 5.74) is 0.134. The van der Waals surface area contributed by atoms with Crippen molar-refractivity contribution in [3.63, 3.8) is 0 Å². The molecule has 0 bridgehead atoms. The van der Waals surface area contributed by atoms with E-state index in [4.69, 9.17) is 5.11 Å². The van der Waals surface area contributed by atoms with Crippen molar-refractivity contribution in [3.05, 3.63) is 28.1 Å². The number of carbonyl (C=O) groups is 1. The zero-order valence-corrected chi connectivity index (χ0v) is 12.0. The number of halogens is 1. The minimum atomic E-state index is -1.02. The summed E-state index contributed by atoms with van der Waals surface area (Å²) in [6, 6.07) is 1.51. The zero-order chi connectivity index (χ0) is 13.3. The second kappa shape index (κ2) is 5.07. The summed E-state index contributed by atoms with van der Waals surface area (Å²) in [5.74, 6) is -0.267. The van der Waals surface area contributed by atoms with Crippen LogP contribution in [0.25, 0.3) is 0 Å². The fraction of sp³-hybridized carbons (Fsp3) is 0.200. The van der Waals surface area contributed by atoms with E-state index in [-0.39, 0.29) is 5.56 Å². The van der Waals surface area contributed by atoms with Crippen LogP contribution >= 0.6 is 27.7 Å². The lowest BCUT2D eigenvalue weighted by Crippen LogP contribution is -2.02. The molecule has 0 spiro atoms. The van der Waals surface area contributed by atoms with Gasteiger partial charge in [-0.2, -0.15) is 0 Å². The molecule has 0 atom stereocenters. The summed E-state index contributed by atoms with van der Waals surface area (Å²) in [5, 5.41) is 18.0. The van der Waals surface area contributed by atoms with Crippen molar-refractivity contribution in [2.75, 3.05) is 0 Å². The minimum absolute atomic E-state index is 0.134. The first-order valence-electron chi connectivity index (χ1n) is 4.91. The van der Waals surface area contributed by atoms with Crippen LogP contribution in [0.2, 0.25) is 0 Å². The molecule has 0 aliphatic heterocycles. The molecule has 2 rings (SSSR count). The van der Waals surface area contributed by atoms with Crippen molar-refractivity contribution in [3.8, 4) is 0 Å². The second-order valence-corrected chi connectivity index (χ2v) is 5.37. The molecule has 1 N–H and O–H groups in total. The van der Waals surface area contributed by atoms with Gasteiger partial charge in [-0.1, -0.05) is 0 Å². The van der Waals surface area contributed by atoms with E-state index in [1.54, 1.807) is 10.8 Å². The first-order chi connectivity index (χ1) is 8.49. The summed E-state index contributed by atoms with van der Waals surface area (Å²) in [6.45, 7) is 1.82. The van der Waals surface area contributed by atoms with Gasteiger partial charge < -0.3 is 9.67 Å². The van der Waals surface area contributed by atoms with Crippen LogP contribution in [-0.4, -0.2) is 30.8 Å². The molecule has 0 aliphatic carbocycles. The molecule has 8 heteroatoms. The largest absolute Gasteiger partial charge is 0.478 e. The van der Waals surface area contributed by atoms with Crippen molar-refractivity contribution in [2.24, 2.45) is 7.05 Å². The Morgan fingerprint density at radius 2 is 2.22 bits per heavy atom. The Morgan fingerprint density at radius 3 is 2.78 bits per heavy atom. The second-order valence-electron chi connectivity index (χ2n) is 3.50. The van der Waals surface area contributed by atoms with Crippen molar-refractivity contribution in [1.29, 1.82) is 0 Å². The fourth-order valence-corrected chi connectivity index (χ4v) is 2.44. The van der Waals surface area contributed by atoms with E-state index in [0.29, 0.717) is 14.7 Å². The number of aromatic carboxylic acids is 1. The number of carboxylic acids is 1. The summed E-state index contributed by atoms with van der Waals surface area (Å²) < 4.78 is 2.40. The third kappa shape index (κ3) is 2.54. The Bertz CT molecular complexity index is 614. The van der Waals surface area contributed by atoms with Crippen molar-refractivity contribution in [1.82, 2.24) is 19.7 Å². The number of carboxylic acid groups (broad SMARTS) is 1. The van der Waals surface area contributed by atoms with Gasteiger partial charge in [0.1, 0.15) is 10.9 Å². The van der Waals surface area contributed by atoms with Gasteiger partial charge in [0, 0.05) is 17.7 Å². The highest BCUT2D eigenvalue weighted by molar-refractivity contribution is 9.10. The average molecular weight is 329 g/mol. The van der Waals surface area contributed by atoms with Crippen LogP contribution in [0, 0.1) is 6.92 Å². The molecule has 0 unspecified atom stereocenters. The van der Waals surface area contributed by atoms with Gasteiger partial charge in [-0.3, -0.25) is 0 Å². The van der Waals surface area contributed by atoms with E-state index in [1.165, 1.54) is 17.8 Å². The van der Waals surface area contributed by atoms with Crippen LogP contribution in [-0.2, 0) is 7.05 Å². The summed E-state index contributed by atoms with van der Waals surface area (Å²) in [4.78, 5) is 15.2. The van der Waals surface area contributed by atoms with E-state index < -0.39 is 5.97 Å². The predicted molar refractivity (Wildman–Crippen MR) is 68.8 cm³/mol. The van der Waals surface area contributed by atoms with Crippen LogP contribution in [0.4, 0.5) is 0 Å². The Hall–Kier alpha value is -1.41. The summed E-state index contributed by atoms with van der Waals surface area (Å²) >= 11 is 4.38. The fourth-order valence-electron chi connectivity index (χ4n) is 1.22. The highest BCUT2D eigenvalue weighted by Crippen LogP contribution is 2.28. The van der Waals surface area contributed by atoms with Gasteiger partial charge in [-0.05, 0) is 40.7 Å². The van der Waals surface area contributed by atoms with Crippen LogP contribution < -0.4 is 0 Å². The monoisotopic (exact) mass is 328 g/mol. The molecule has 2 aromatic heterocycles. The maximum atomic E-state index is 11.1. The quantitative estimate of drug-likeness (QED) is 0.929. The van der Waals surface area contributed by atoms with Gasteiger partial charge in [0.05, 0.1) is 5.56 Å². The van der Waals surface area contributed by atoms with E-state index in [2.05, 4.69) is 31.1 Å². The van der Waals surface area contributed by atoms with Gasteiger partial charge in [-0.15, -0.1) is 10.2 Å². The van der Waals surface area contributed by atoms with Gasteiger partial charge in [0.2, 0.25) is 0 Å². The zero-order valence-electron chi connectivity index (χ0n) is 9.59. The molecule has 0 saturated carbocycles. The highest BCUT2D eigenvalue weighted by Gasteiger charge is 2.16. The molecular weight excluding hydrogens is 320 g/mol. The molecule has 2 heterocycles. The smallest absolute Gasteiger partial charge is 0.338 e. The molecule has 94 valence electrons. The van der Waals surface area contributed by atoms with Crippen LogP contribution in [0.15, 0.2) is 26.9 Å². The van der Waals surface area contributed by atoms with E-state index in [1.807, 2.05) is 14.0 Å². The third-order valence-electron chi connectivity index (χ3n) is 2.29. The topological polar surface area (TPSA) is 80.9 Å². The number of aryl methyl sites for hydroxylation is 1. The van der Waals surface area contributed by atoms with Crippen LogP contribution in [0.3, 0.4) is 0 Å². The van der Waals surface area contributed by atoms with Crippen molar-refractivity contribution in [2.45, 2.75) is 17.1 Å². The molecule has 0 amide bonds. The summed E-state index contributed by atoms with van der Waals surface area (Å²) in [7, 11) is 1.82. The molecule has 6 nitrogen and oxygen atoms in total. The van der Waals surface area contributed by atoms with Crippen molar-refractivity contribution < 1.29 is 9.90 Å². The first-order valence-corrected chi connectivity index (χ1v) is 6.52. The molecule has 0 aliphatic rings. The molecule has 0 saturated heterocycles. The molecule has 0 fully saturated rings. The Labute approximate surface area is 116 Å². The highest BCUT2D eigenvalue weighted by atomic mass is 79.9. The molecule has 2 aromatic rings. The minimum Gasteiger partial charge on any atom is -0.478 e. The van der Waals surface area contributed by atoms with Gasteiger partial charge in [-0.25, -0.2) is 9.78 Å². The van der Waals surface area contributed by atoms with Gasteiger partial charge in [0.25, 0.3) is 0 Å². The SMILES string of the molecule is Cc1nnc(Sc2ncc(Br)cc2C(=O)O)n1C. The van der Waals surface area contributed by atoms with Crippen LogP contribution in [0.5, 0.6) is 0 Å². The number of rotatable bonds is 3. The normalized spacial score (nSPS) is 10.6. The molecule has 0 aromatic carbocycles. The standard InChI is InChI=1S/C10H9BrN4O2S/c1-5-13-14-10(15(5)2)18-8-7(9(16)17)3-6(11)4-12-8/h3-4H,1-2H3,(H,16,17). The van der Waals surface area contributed by atoms with Crippen LogP contribution in [0.1, 0.15) is 16.2 Å². The number of nitrogens with zero attached hydrogens (tertiary/aromatic N) is 4. The predicted octanol–water partition coefficient (Wildman–Crippen LogP) is 2.13. The number of pyridine rings is 1. The molecule has 18 heavy (non-hydrogen) atoms. The molecule has 0 radical (unpaired) electrons. The lowest BCUT2D eigenvalue weighted by atomic mass is 10.3. The summed E-state index contributed by atoms with van der Waals surface area (Å²) in [6.07, 6.45) is 1.55. The third-order valence-corrected chi connectivity index (χ3v) is 3.78. The van der Waals surface area contributed by atoms with Gasteiger partial charge in [0.15, 0.2) is 5.16 Å². The maximum Gasteiger partial charge on any atom is 0.338 e. The first kappa shape index (κ1) is 13.0. The van der Waals surface area contributed by atoms with Crippen molar-refractivity contribution >= 4 is 33.7 Å². The Balaban J connectivity index is 2.40. The lowest BCUT2D eigenvalue weighted by Gasteiger charge is -2.04. The number of hydrogen-bond acceptors (Lipinski definition) is 5.